The molecule has 4 heterocycles. The predicted octanol–water partition coefficient (Wildman–Crippen LogP) is 10.5. The van der Waals surface area contributed by atoms with Crippen LogP contribution in [0.2, 0.25) is 0 Å². The van der Waals surface area contributed by atoms with E-state index < -0.39 is 0 Å². The molecule has 0 bridgehead atoms. The topological polar surface area (TPSA) is 51.6 Å². The molecule has 0 unspecified atom stereocenters. The zero-order valence-electron chi connectivity index (χ0n) is 24.8. The van der Waals surface area contributed by atoms with Crippen molar-refractivity contribution in [3.63, 3.8) is 0 Å². The van der Waals surface area contributed by atoms with E-state index in [0.29, 0.717) is 0 Å². The second kappa shape index (κ2) is 10.7. The van der Waals surface area contributed by atoms with Crippen LogP contribution >= 0.6 is 0 Å². The third-order valence-corrected chi connectivity index (χ3v) is 8.81. The van der Waals surface area contributed by atoms with Crippen LogP contribution in [0.3, 0.4) is 0 Å². The van der Waals surface area contributed by atoms with Gasteiger partial charge in [0.05, 0.1) is 22.4 Å². The average molecular weight is 587 g/mol. The van der Waals surface area contributed by atoms with E-state index in [1.54, 1.807) is 0 Å². The standard InChI is InChI=1S/C42H26N4/c1-3-11-35-27(7-1)9-5-13-37(35)29-17-19-43-39(23-29)33-21-31-15-16-32-22-34(26-46-42(32)41(31)45-25-33)40-24-30(18-20-44-40)38-14-6-10-28-8-2-4-12-36(28)38/h1-26H. The largest absolute Gasteiger partial charge is 0.256 e. The number of fused-ring (bicyclic) bond motifs is 5. The molecule has 0 radical (unpaired) electrons. The molecule has 214 valence electrons. The highest BCUT2D eigenvalue weighted by atomic mass is 14.8. The second-order valence-electron chi connectivity index (χ2n) is 11.6. The Hall–Kier alpha value is -6.26. The maximum atomic E-state index is 4.91. The molecular formula is C42H26N4. The van der Waals surface area contributed by atoms with Crippen LogP contribution in [0.4, 0.5) is 0 Å². The summed E-state index contributed by atoms with van der Waals surface area (Å²) in [7, 11) is 0. The highest BCUT2D eigenvalue weighted by Gasteiger charge is 2.12. The van der Waals surface area contributed by atoms with Gasteiger partial charge in [0.15, 0.2) is 0 Å². The summed E-state index contributed by atoms with van der Waals surface area (Å²) in [6.45, 7) is 0. The fourth-order valence-corrected chi connectivity index (χ4v) is 6.54. The maximum absolute atomic E-state index is 4.91. The number of pyridine rings is 4. The average Bonchev–Trinajstić information content (AvgIpc) is 3.14. The number of hydrogen-bond acceptors (Lipinski definition) is 4. The van der Waals surface area contributed by atoms with Gasteiger partial charge in [0.1, 0.15) is 0 Å². The Bertz CT molecular complexity index is 2410. The summed E-state index contributed by atoms with van der Waals surface area (Å²) in [5.74, 6) is 0. The highest BCUT2D eigenvalue weighted by molar-refractivity contribution is 6.05. The molecule has 0 aliphatic carbocycles. The minimum Gasteiger partial charge on any atom is -0.256 e. The summed E-state index contributed by atoms with van der Waals surface area (Å²) in [6.07, 6.45) is 7.57. The summed E-state index contributed by atoms with van der Waals surface area (Å²) in [6, 6.07) is 46.8. The van der Waals surface area contributed by atoms with Crippen molar-refractivity contribution in [3.05, 3.63) is 158 Å². The molecule has 4 aromatic heterocycles. The van der Waals surface area contributed by atoms with E-state index in [-0.39, 0.29) is 0 Å². The van der Waals surface area contributed by atoms with Crippen molar-refractivity contribution in [1.82, 2.24) is 19.9 Å². The van der Waals surface area contributed by atoms with Crippen molar-refractivity contribution in [2.45, 2.75) is 0 Å². The molecule has 9 aromatic rings. The van der Waals surface area contributed by atoms with E-state index in [4.69, 9.17) is 19.9 Å². The van der Waals surface area contributed by atoms with Gasteiger partial charge in [-0.15, -0.1) is 0 Å². The molecule has 0 amide bonds. The molecule has 4 nitrogen and oxygen atoms in total. The molecule has 46 heavy (non-hydrogen) atoms. The summed E-state index contributed by atoms with van der Waals surface area (Å²) >= 11 is 0. The Morgan fingerprint density at radius 3 is 1.28 bits per heavy atom. The Balaban J connectivity index is 1.07. The Morgan fingerprint density at radius 2 is 0.783 bits per heavy atom. The summed E-state index contributed by atoms with van der Waals surface area (Å²) in [5.41, 5.74) is 10.1. The SMILES string of the molecule is c1ccc2c(-c3ccnc(-c4cnc5c(ccc6cc(-c7cc(-c8cccc9ccccc89)ccn7)cnc65)c4)c3)cccc2c1. The van der Waals surface area contributed by atoms with Crippen molar-refractivity contribution in [2.24, 2.45) is 0 Å². The van der Waals surface area contributed by atoms with Gasteiger partial charge in [-0.05, 0) is 80.2 Å². The minimum absolute atomic E-state index is 0.871. The van der Waals surface area contributed by atoms with Crippen molar-refractivity contribution in [1.29, 1.82) is 0 Å². The third-order valence-electron chi connectivity index (χ3n) is 8.81. The first-order valence-corrected chi connectivity index (χ1v) is 15.4. The molecule has 0 aliphatic rings. The smallest absolute Gasteiger partial charge is 0.0965 e. The molecule has 9 rings (SSSR count). The number of aromatic nitrogens is 4. The van der Waals surface area contributed by atoms with E-state index in [1.807, 2.05) is 24.8 Å². The summed E-state index contributed by atoms with van der Waals surface area (Å²) < 4.78 is 0. The molecule has 0 spiro atoms. The molecule has 0 saturated heterocycles. The third kappa shape index (κ3) is 4.47. The zero-order valence-corrected chi connectivity index (χ0v) is 24.8. The van der Waals surface area contributed by atoms with E-state index in [2.05, 4.69) is 133 Å². The van der Waals surface area contributed by atoms with Crippen LogP contribution in [0.5, 0.6) is 0 Å². The van der Waals surface area contributed by atoms with Gasteiger partial charge in [-0.1, -0.05) is 97.1 Å². The minimum atomic E-state index is 0.871. The van der Waals surface area contributed by atoms with Crippen molar-refractivity contribution in [2.75, 3.05) is 0 Å². The summed E-state index contributed by atoms with van der Waals surface area (Å²) in [5, 5.41) is 6.96. The Kier molecular flexibility index (Phi) is 6.10. The lowest BCUT2D eigenvalue weighted by Crippen LogP contribution is -1.91. The molecule has 0 N–H and O–H groups in total. The maximum Gasteiger partial charge on any atom is 0.0965 e. The van der Waals surface area contributed by atoms with Crippen LogP contribution < -0.4 is 0 Å². The van der Waals surface area contributed by atoms with Gasteiger partial charge in [0.2, 0.25) is 0 Å². The molecule has 0 fully saturated rings. The van der Waals surface area contributed by atoms with Crippen LogP contribution in [-0.2, 0) is 0 Å². The van der Waals surface area contributed by atoms with Gasteiger partial charge >= 0.3 is 0 Å². The first-order chi connectivity index (χ1) is 22.8. The quantitative estimate of drug-likeness (QED) is 0.193. The van der Waals surface area contributed by atoms with Gasteiger partial charge in [-0.25, -0.2) is 0 Å². The lowest BCUT2D eigenvalue weighted by Gasteiger charge is -2.10. The fourth-order valence-electron chi connectivity index (χ4n) is 6.54. The van der Waals surface area contributed by atoms with Gasteiger partial charge in [-0.3, -0.25) is 19.9 Å². The number of benzene rings is 5. The number of hydrogen-bond donors (Lipinski definition) is 0. The Labute approximate surface area is 265 Å². The molecule has 5 aromatic carbocycles. The molecule has 0 aliphatic heterocycles. The van der Waals surface area contributed by atoms with Gasteiger partial charge in [0, 0.05) is 46.7 Å². The monoisotopic (exact) mass is 586 g/mol. The van der Waals surface area contributed by atoms with Crippen molar-refractivity contribution < 1.29 is 0 Å². The lowest BCUT2D eigenvalue weighted by molar-refractivity contribution is 1.30. The molecular weight excluding hydrogens is 560 g/mol. The van der Waals surface area contributed by atoms with Crippen LogP contribution in [0, 0.1) is 0 Å². The van der Waals surface area contributed by atoms with Crippen molar-refractivity contribution >= 4 is 43.4 Å². The first-order valence-electron chi connectivity index (χ1n) is 15.4. The number of nitrogens with zero attached hydrogens (tertiary/aromatic N) is 4. The van der Waals surface area contributed by atoms with Crippen LogP contribution in [0.15, 0.2) is 158 Å². The molecule has 4 heteroatoms. The van der Waals surface area contributed by atoms with Gasteiger partial charge in [-0.2, -0.15) is 0 Å². The van der Waals surface area contributed by atoms with Crippen LogP contribution in [-0.4, -0.2) is 19.9 Å². The highest BCUT2D eigenvalue weighted by Crippen LogP contribution is 2.34. The lowest BCUT2D eigenvalue weighted by atomic mass is 9.97. The van der Waals surface area contributed by atoms with E-state index in [0.717, 1.165) is 55.4 Å². The zero-order chi connectivity index (χ0) is 30.5. The summed E-state index contributed by atoms with van der Waals surface area (Å²) in [4.78, 5) is 19.2. The van der Waals surface area contributed by atoms with E-state index in [9.17, 15) is 0 Å². The molecule has 0 atom stereocenters. The van der Waals surface area contributed by atoms with Crippen molar-refractivity contribution in [3.8, 4) is 44.8 Å². The molecule has 0 saturated carbocycles. The van der Waals surface area contributed by atoms with E-state index >= 15 is 0 Å². The van der Waals surface area contributed by atoms with Crippen LogP contribution in [0.25, 0.3) is 88.1 Å². The first kappa shape index (κ1) is 26.2. The number of rotatable bonds is 4. The van der Waals surface area contributed by atoms with Gasteiger partial charge < -0.3 is 0 Å². The van der Waals surface area contributed by atoms with Crippen LogP contribution in [0.1, 0.15) is 0 Å². The second-order valence-corrected chi connectivity index (χ2v) is 11.6. The van der Waals surface area contributed by atoms with Gasteiger partial charge in [0.25, 0.3) is 0 Å². The predicted molar refractivity (Wildman–Crippen MR) is 189 cm³/mol. The van der Waals surface area contributed by atoms with E-state index in [1.165, 1.54) is 32.7 Å². The Morgan fingerprint density at radius 1 is 0.326 bits per heavy atom. The normalized spacial score (nSPS) is 11.5. The fraction of sp³-hybridized carbons (Fsp3) is 0.